The molecule has 122 valence electrons. The number of likely N-dealkylation sites (tertiary alicyclic amines) is 1. The number of quaternary nitrogens is 1. The number of benzene rings is 1. The van der Waals surface area contributed by atoms with E-state index in [1.807, 2.05) is 14.1 Å². The topological polar surface area (TPSA) is 104 Å². The monoisotopic (exact) mass is 329 g/mol. The molecule has 1 unspecified atom stereocenters. The summed E-state index contributed by atoms with van der Waals surface area (Å²) >= 11 is 0. The molecule has 0 aliphatic carbocycles. The van der Waals surface area contributed by atoms with Gasteiger partial charge in [-0.05, 0) is 31.0 Å². The first kappa shape index (κ1) is 16.7. The maximum atomic E-state index is 11.3. The van der Waals surface area contributed by atoms with Crippen molar-refractivity contribution in [1.82, 2.24) is 0 Å². The Morgan fingerprint density at radius 1 is 1.36 bits per heavy atom. The molecule has 1 aromatic carbocycles. The molecular weight excluding hydrogens is 310 g/mol. The second kappa shape index (κ2) is 5.86. The van der Waals surface area contributed by atoms with Crippen molar-refractivity contribution >= 4 is 16.3 Å². The van der Waals surface area contributed by atoms with Gasteiger partial charge >= 0.3 is 0 Å². The van der Waals surface area contributed by atoms with Gasteiger partial charge in [-0.15, -0.1) is 0 Å². The zero-order chi connectivity index (χ0) is 16.5. The Labute approximate surface area is 129 Å². The first-order valence-electron chi connectivity index (χ1n) is 6.94. The lowest BCUT2D eigenvalue weighted by atomic mass is 9.93. The van der Waals surface area contributed by atoms with Crippen LogP contribution in [0.3, 0.4) is 0 Å². The van der Waals surface area contributed by atoms with Gasteiger partial charge in [0.15, 0.2) is 0 Å². The number of hydrogen-bond acceptors (Lipinski definition) is 5. The molecule has 2 rings (SSSR count). The number of hydrogen-bond donors (Lipinski definition) is 1. The number of carbonyl (C=O) groups excluding carboxylic acids is 1. The minimum atomic E-state index is -4.37. The summed E-state index contributed by atoms with van der Waals surface area (Å²) in [6.45, 7) is 0.880. The third kappa shape index (κ3) is 3.57. The molecule has 1 aromatic rings. The Hall–Kier alpha value is -1.64. The quantitative estimate of drug-likeness (QED) is 0.383. The van der Waals surface area contributed by atoms with Gasteiger partial charge in [-0.2, -0.15) is 8.42 Å². The first-order chi connectivity index (χ1) is 10.1. The van der Waals surface area contributed by atoms with Crippen molar-refractivity contribution in [3.63, 3.8) is 0 Å². The van der Waals surface area contributed by atoms with Crippen molar-refractivity contribution in [3.05, 3.63) is 23.8 Å². The minimum absolute atomic E-state index is 0.0468. The molecule has 7 nitrogen and oxygen atoms in total. The average molecular weight is 329 g/mol. The first-order valence-corrected chi connectivity index (χ1v) is 8.38. The Balaban J connectivity index is 2.56. The lowest BCUT2D eigenvalue weighted by molar-refractivity contribution is -0.926. The molecule has 0 saturated carbocycles. The van der Waals surface area contributed by atoms with E-state index in [0.29, 0.717) is 10.0 Å². The number of ether oxygens (including phenoxy) is 1. The van der Waals surface area contributed by atoms with Gasteiger partial charge in [0.1, 0.15) is 6.04 Å². The van der Waals surface area contributed by atoms with Crippen molar-refractivity contribution < 1.29 is 32.1 Å². The van der Waals surface area contributed by atoms with Crippen molar-refractivity contribution in [2.75, 3.05) is 20.6 Å². The molecular formula is C14H19NO6S. The molecule has 0 spiro atoms. The van der Waals surface area contributed by atoms with Gasteiger partial charge in [0.25, 0.3) is 16.3 Å². The van der Waals surface area contributed by atoms with Crippen LogP contribution in [0.25, 0.3) is 0 Å². The van der Waals surface area contributed by atoms with Crippen LogP contribution in [-0.4, -0.2) is 44.2 Å². The highest BCUT2D eigenvalue weighted by molar-refractivity contribution is 7.85. The van der Waals surface area contributed by atoms with E-state index in [2.05, 4.69) is 4.74 Å². The van der Waals surface area contributed by atoms with Gasteiger partial charge in [0, 0.05) is 12.0 Å². The number of carbonyl (C=O) groups is 1. The van der Waals surface area contributed by atoms with Crippen LogP contribution in [0.5, 0.6) is 5.75 Å². The maximum absolute atomic E-state index is 11.3. The SMILES string of the molecule is C[N+]1(C)CCCCC1c1cc(S(=O)(=O)O)ccc1OC(=O)[O-]. The van der Waals surface area contributed by atoms with E-state index in [4.69, 9.17) is 0 Å². The van der Waals surface area contributed by atoms with Crippen LogP contribution in [0.15, 0.2) is 23.1 Å². The van der Waals surface area contributed by atoms with Gasteiger partial charge in [0.2, 0.25) is 0 Å². The van der Waals surface area contributed by atoms with Gasteiger partial charge in [-0.25, -0.2) is 0 Å². The summed E-state index contributed by atoms with van der Waals surface area (Å²) in [7, 11) is -0.386. The van der Waals surface area contributed by atoms with Crippen LogP contribution in [0.2, 0.25) is 0 Å². The van der Waals surface area contributed by atoms with Crippen LogP contribution in [-0.2, 0) is 10.1 Å². The molecule has 0 radical (unpaired) electrons. The van der Waals surface area contributed by atoms with Gasteiger partial charge in [-0.1, -0.05) is 0 Å². The fourth-order valence-electron chi connectivity index (χ4n) is 3.02. The second-order valence-electron chi connectivity index (χ2n) is 6.04. The van der Waals surface area contributed by atoms with Crippen molar-refractivity contribution in [2.45, 2.75) is 30.2 Å². The summed E-state index contributed by atoms with van der Waals surface area (Å²) in [5.41, 5.74) is 0.448. The van der Waals surface area contributed by atoms with E-state index in [0.717, 1.165) is 31.9 Å². The lowest BCUT2D eigenvalue weighted by Crippen LogP contribution is -2.46. The maximum Gasteiger partial charge on any atom is 0.294 e. The molecule has 1 N–H and O–H groups in total. The fourth-order valence-corrected chi connectivity index (χ4v) is 3.54. The largest absolute Gasteiger partial charge is 0.513 e. The Morgan fingerprint density at radius 3 is 2.59 bits per heavy atom. The number of carboxylic acid groups (broad SMARTS) is 1. The van der Waals surface area contributed by atoms with Crippen LogP contribution >= 0.6 is 0 Å². The van der Waals surface area contributed by atoms with E-state index in [-0.39, 0.29) is 16.7 Å². The van der Waals surface area contributed by atoms with Crippen LogP contribution in [0.1, 0.15) is 30.9 Å². The Morgan fingerprint density at radius 2 is 2.05 bits per heavy atom. The van der Waals surface area contributed by atoms with Gasteiger partial charge in [-0.3, -0.25) is 4.55 Å². The predicted molar refractivity (Wildman–Crippen MR) is 75.8 cm³/mol. The van der Waals surface area contributed by atoms with E-state index in [9.17, 15) is 22.9 Å². The van der Waals surface area contributed by atoms with Crippen molar-refractivity contribution in [3.8, 4) is 5.75 Å². The van der Waals surface area contributed by atoms with Crippen molar-refractivity contribution in [2.24, 2.45) is 0 Å². The lowest BCUT2D eigenvalue weighted by Gasteiger charge is -2.42. The minimum Gasteiger partial charge on any atom is -0.513 e. The van der Waals surface area contributed by atoms with Crippen LogP contribution in [0.4, 0.5) is 4.79 Å². The second-order valence-corrected chi connectivity index (χ2v) is 7.46. The molecule has 1 fully saturated rings. The molecule has 1 aliphatic rings. The summed E-state index contributed by atoms with van der Waals surface area (Å²) < 4.78 is 37.2. The molecule has 1 heterocycles. The Bertz CT molecular complexity index is 683. The van der Waals surface area contributed by atoms with Crippen molar-refractivity contribution in [1.29, 1.82) is 0 Å². The molecule has 0 bridgehead atoms. The molecule has 22 heavy (non-hydrogen) atoms. The van der Waals surface area contributed by atoms with Crippen LogP contribution < -0.4 is 9.84 Å². The summed E-state index contributed by atoms with van der Waals surface area (Å²) in [6, 6.07) is 3.51. The van der Waals surface area contributed by atoms with E-state index < -0.39 is 16.3 Å². The highest BCUT2D eigenvalue weighted by atomic mass is 32.2. The van der Waals surface area contributed by atoms with Crippen LogP contribution in [0, 0.1) is 0 Å². The Kier molecular flexibility index (Phi) is 4.46. The third-order valence-electron chi connectivity index (χ3n) is 4.14. The third-order valence-corrected chi connectivity index (χ3v) is 4.99. The number of rotatable bonds is 3. The molecule has 1 saturated heterocycles. The van der Waals surface area contributed by atoms with Gasteiger partial charge < -0.3 is 19.1 Å². The van der Waals surface area contributed by atoms with Gasteiger partial charge in [0.05, 0.1) is 31.3 Å². The summed E-state index contributed by atoms with van der Waals surface area (Å²) in [4.78, 5) is 10.5. The fraction of sp³-hybridized carbons (Fsp3) is 0.500. The van der Waals surface area contributed by atoms with E-state index in [1.165, 1.54) is 12.1 Å². The highest BCUT2D eigenvalue weighted by Crippen LogP contribution is 2.40. The van der Waals surface area contributed by atoms with E-state index >= 15 is 0 Å². The molecule has 8 heteroatoms. The zero-order valence-electron chi connectivity index (χ0n) is 12.5. The summed E-state index contributed by atoms with van der Waals surface area (Å²) in [6.07, 6.45) is 1.05. The smallest absolute Gasteiger partial charge is 0.294 e. The molecule has 0 amide bonds. The average Bonchev–Trinajstić information content (AvgIpc) is 2.37. The predicted octanol–water partition coefficient (Wildman–Crippen LogP) is 0.957. The van der Waals surface area contributed by atoms with E-state index in [1.54, 1.807) is 0 Å². The summed E-state index contributed by atoms with van der Waals surface area (Å²) in [5.74, 6) is 0.0468. The number of piperidine rings is 1. The highest BCUT2D eigenvalue weighted by Gasteiger charge is 2.35. The molecule has 1 aliphatic heterocycles. The zero-order valence-corrected chi connectivity index (χ0v) is 13.3. The number of nitrogens with zero attached hydrogens (tertiary/aromatic N) is 1. The normalized spacial score (nSPS) is 21.3. The molecule has 0 aromatic heterocycles. The standard InChI is InChI=1S/C14H19NO6S/c1-15(2)8-4-3-5-12(15)11-9-10(22(18,19)20)6-7-13(11)21-14(16)17/h6-7,9,12H,3-5,8H2,1-2H3,(H-,16,17,18,19,20). The molecule has 1 atom stereocenters. The summed E-state index contributed by atoms with van der Waals surface area (Å²) in [5, 5.41) is 10.7.